The smallest absolute Gasteiger partial charge is 0.0332 e. The number of hydrogen-bond acceptors (Lipinski definition) is 2. The van der Waals surface area contributed by atoms with Crippen molar-refractivity contribution in [3.63, 3.8) is 0 Å². The zero-order chi connectivity index (χ0) is 13.5. The number of benzene rings is 1. The standard InChI is InChI=1S/C16H28N2/c1-6-18(7-2)11-10-16(17-5)15-12-13(3)8-9-14(15)4/h8-9,12,16-17H,6-7,10-11H2,1-5H3. The zero-order valence-corrected chi connectivity index (χ0v) is 12.6. The number of hydrogen-bond donors (Lipinski definition) is 1. The third-order valence-electron chi connectivity index (χ3n) is 3.79. The van der Waals surface area contributed by atoms with Crippen LogP contribution in [0, 0.1) is 13.8 Å². The van der Waals surface area contributed by atoms with Gasteiger partial charge in [-0.25, -0.2) is 0 Å². The van der Waals surface area contributed by atoms with Gasteiger partial charge in [0.25, 0.3) is 0 Å². The van der Waals surface area contributed by atoms with Crippen LogP contribution in [0.25, 0.3) is 0 Å². The van der Waals surface area contributed by atoms with Crippen molar-refractivity contribution in [2.75, 3.05) is 26.7 Å². The molecule has 1 rings (SSSR count). The maximum absolute atomic E-state index is 3.46. The zero-order valence-electron chi connectivity index (χ0n) is 12.6. The van der Waals surface area contributed by atoms with Crippen LogP contribution >= 0.6 is 0 Å². The van der Waals surface area contributed by atoms with Crippen molar-refractivity contribution in [3.8, 4) is 0 Å². The molecule has 0 aliphatic rings. The summed E-state index contributed by atoms with van der Waals surface area (Å²) in [5.74, 6) is 0. The number of nitrogens with one attached hydrogen (secondary N) is 1. The van der Waals surface area contributed by atoms with Gasteiger partial charge in [0.2, 0.25) is 0 Å². The second-order valence-corrected chi connectivity index (χ2v) is 5.02. The van der Waals surface area contributed by atoms with E-state index >= 15 is 0 Å². The van der Waals surface area contributed by atoms with Crippen molar-refractivity contribution < 1.29 is 0 Å². The Labute approximate surface area is 112 Å². The average molecular weight is 248 g/mol. The highest BCUT2D eigenvalue weighted by molar-refractivity contribution is 5.33. The van der Waals surface area contributed by atoms with E-state index < -0.39 is 0 Å². The minimum absolute atomic E-state index is 0.463. The van der Waals surface area contributed by atoms with Gasteiger partial charge in [0.1, 0.15) is 0 Å². The molecule has 0 amide bonds. The highest BCUT2D eigenvalue weighted by atomic mass is 15.1. The fraction of sp³-hybridized carbons (Fsp3) is 0.625. The van der Waals surface area contributed by atoms with E-state index in [2.05, 4.69) is 63.2 Å². The van der Waals surface area contributed by atoms with Gasteiger partial charge in [0.05, 0.1) is 0 Å². The first kappa shape index (κ1) is 15.2. The first-order valence-electron chi connectivity index (χ1n) is 7.09. The van der Waals surface area contributed by atoms with Crippen molar-refractivity contribution in [1.29, 1.82) is 0 Å². The van der Waals surface area contributed by atoms with Crippen LogP contribution in [0.2, 0.25) is 0 Å². The summed E-state index contributed by atoms with van der Waals surface area (Å²) < 4.78 is 0. The molecule has 0 aromatic heterocycles. The van der Waals surface area contributed by atoms with Crippen molar-refractivity contribution in [2.24, 2.45) is 0 Å². The lowest BCUT2D eigenvalue weighted by Crippen LogP contribution is -2.28. The van der Waals surface area contributed by atoms with Crippen LogP contribution in [-0.4, -0.2) is 31.6 Å². The maximum Gasteiger partial charge on any atom is 0.0332 e. The molecule has 0 radical (unpaired) electrons. The van der Waals surface area contributed by atoms with Crippen molar-refractivity contribution in [1.82, 2.24) is 10.2 Å². The molecule has 0 heterocycles. The van der Waals surface area contributed by atoms with E-state index in [4.69, 9.17) is 0 Å². The summed E-state index contributed by atoms with van der Waals surface area (Å²) in [5.41, 5.74) is 4.18. The number of rotatable bonds is 7. The van der Waals surface area contributed by atoms with Gasteiger partial charge in [0.15, 0.2) is 0 Å². The largest absolute Gasteiger partial charge is 0.313 e. The van der Waals surface area contributed by atoms with Gasteiger partial charge >= 0.3 is 0 Å². The molecule has 0 bridgehead atoms. The Balaban J connectivity index is 2.73. The van der Waals surface area contributed by atoms with Crippen molar-refractivity contribution >= 4 is 0 Å². The van der Waals surface area contributed by atoms with E-state index in [1.54, 1.807) is 0 Å². The summed E-state index contributed by atoms with van der Waals surface area (Å²) in [6, 6.07) is 7.20. The van der Waals surface area contributed by atoms with Gasteiger partial charge in [-0.2, -0.15) is 0 Å². The van der Waals surface area contributed by atoms with Gasteiger partial charge in [0, 0.05) is 6.04 Å². The molecule has 0 saturated heterocycles. The van der Waals surface area contributed by atoms with Crippen molar-refractivity contribution in [2.45, 2.75) is 40.2 Å². The highest BCUT2D eigenvalue weighted by Crippen LogP contribution is 2.22. The van der Waals surface area contributed by atoms with Crippen LogP contribution in [0.5, 0.6) is 0 Å². The quantitative estimate of drug-likeness (QED) is 0.796. The summed E-state index contributed by atoms with van der Waals surface area (Å²) in [6.07, 6.45) is 1.17. The summed E-state index contributed by atoms with van der Waals surface area (Å²) in [5, 5.41) is 3.46. The monoisotopic (exact) mass is 248 g/mol. The molecular weight excluding hydrogens is 220 g/mol. The van der Waals surface area contributed by atoms with E-state index in [-0.39, 0.29) is 0 Å². The minimum atomic E-state index is 0.463. The van der Waals surface area contributed by atoms with Crippen LogP contribution < -0.4 is 5.32 Å². The molecule has 2 nitrogen and oxygen atoms in total. The van der Waals surface area contributed by atoms with Gasteiger partial charge in [-0.15, -0.1) is 0 Å². The van der Waals surface area contributed by atoms with E-state index in [0.717, 1.165) is 19.6 Å². The average Bonchev–Trinajstić information content (AvgIpc) is 2.38. The Bertz CT molecular complexity index is 356. The lowest BCUT2D eigenvalue weighted by atomic mass is 9.96. The molecule has 1 atom stereocenters. The summed E-state index contributed by atoms with van der Waals surface area (Å²) in [6.45, 7) is 12.3. The molecular formula is C16H28N2. The molecule has 1 unspecified atom stereocenters. The first-order valence-corrected chi connectivity index (χ1v) is 7.09. The Morgan fingerprint density at radius 3 is 2.39 bits per heavy atom. The van der Waals surface area contributed by atoms with Crippen molar-refractivity contribution in [3.05, 3.63) is 34.9 Å². The molecule has 0 aliphatic carbocycles. The maximum atomic E-state index is 3.46. The predicted molar refractivity (Wildman–Crippen MR) is 80.1 cm³/mol. The van der Waals surface area contributed by atoms with Crippen LogP contribution in [0.1, 0.15) is 43.0 Å². The minimum Gasteiger partial charge on any atom is -0.313 e. The lowest BCUT2D eigenvalue weighted by molar-refractivity contribution is 0.284. The molecule has 1 aromatic rings. The molecule has 0 aliphatic heterocycles. The number of nitrogens with zero attached hydrogens (tertiary/aromatic N) is 1. The van der Waals surface area contributed by atoms with Gasteiger partial charge < -0.3 is 10.2 Å². The van der Waals surface area contributed by atoms with E-state index in [1.165, 1.54) is 23.1 Å². The summed E-state index contributed by atoms with van der Waals surface area (Å²) in [4.78, 5) is 2.48. The van der Waals surface area contributed by atoms with Gasteiger partial charge in [-0.1, -0.05) is 37.6 Å². The topological polar surface area (TPSA) is 15.3 Å². The van der Waals surface area contributed by atoms with E-state index in [9.17, 15) is 0 Å². The molecule has 0 fully saturated rings. The molecule has 0 saturated carbocycles. The normalized spacial score (nSPS) is 13.0. The van der Waals surface area contributed by atoms with Crippen LogP contribution in [0.4, 0.5) is 0 Å². The summed E-state index contributed by atoms with van der Waals surface area (Å²) >= 11 is 0. The van der Waals surface area contributed by atoms with Crippen LogP contribution in [0.3, 0.4) is 0 Å². The third-order valence-corrected chi connectivity index (χ3v) is 3.79. The van der Waals surface area contributed by atoms with Gasteiger partial charge in [-0.05, 0) is 58.1 Å². The molecule has 1 N–H and O–H groups in total. The second-order valence-electron chi connectivity index (χ2n) is 5.02. The Kier molecular flexibility index (Phi) is 6.37. The predicted octanol–water partition coefficient (Wildman–Crippen LogP) is 3.30. The fourth-order valence-electron chi connectivity index (χ4n) is 2.44. The second kappa shape index (κ2) is 7.55. The number of aryl methyl sites for hydroxylation is 2. The fourth-order valence-corrected chi connectivity index (χ4v) is 2.44. The summed E-state index contributed by atoms with van der Waals surface area (Å²) in [7, 11) is 2.06. The Hall–Kier alpha value is -0.860. The lowest BCUT2D eigenvalue weighted by Gasteiger charge is -2.24. The molecule has 102 valence electrons. The van der Waals surface area contributed by atoms with E-state index in [1.807, 2.05) is 0 Å². The Morgan fingerprint density at radius 1 is 1.17 bits per heavy atom. The van der Waals surface area contributed by atoms with E-state index in [0.29, 0.717) is 6.04 Å². The van der Waals surface area contributed by atoms with Crippen LogP contribution in [0.15, 0.2) is 18.2 Å². The first-order chi connectivity index (χ1) is 8.62. The molecule has 0 spiro atoms. The molecule has 2 heteroatoms. The molecule has 1 aromatic carbocycles. The van der Waals surface area contributed by atoms with Gasteiger partial charge in [-0.3, -0.25) is 0 Å². The molecule has 18 heavy (non-hydrogen) atoms. The highest BCUT2D eigenvalue weighted by Gasteiger charge is 2.13. The van der Waals surface area contributed by atoms with Crippen LogP contribution in [-0.2, 0) is 0 Å². The third kappa shape index (κ3) is 4.11. The SMILES string of the molecule is CCN(CC)CCC(NC)c1cc(C)ccc1C. The Morgan fingerprint density at radius 2 is 1.83 bits per heavy atom.